The summed E-state index contributed by atoms with van der Waals surface area (Å²) in [4.78, 5) is 0. The van der Waals surface area contributed by atoms with Crippen LogP contribution in [0.1, 0.15) is 30.0 Å². The smallest absolute Gasteiger partial charge is 0.106 e. The van der Waals surface area contributed by atoms with E-state index >= 15 is 0 Å². The highest BCUT2D eigenvalue weighted by atomic mass is 79.9. The Morgan fingerprint density at radius 2 is 2.17 bits per heavy atom. The Labute approximate surface area is 114 Å². The number of hydrogen-bond acceptors (Lipinski definition) is 4. The average molecular weight is 313 g/mol. The van der Waals surface area contributed by atoms with Crippen LogP contribution in [0.15, 0.2) is 16.7 Å². The molecule has 0 aliphatic carbocycles. The predicted molar refractivity (Wildman–Crippen MR) is 72.7 cm³/mol. The summed E-state index contributed by atoms with van der Waals surface area (Å²) < 4.78 is 4.57. The third kappa shape index (κ3) is 2.21. The summed E-state index contributed by atoms with van der Waals surface area (Å²) in [5.41, 5.74) is 5.86. The first-order valence-corrected chi connectivity index (χ1v) is 6.54. The van der Waals surface area contributed by atoms with Crippen LogP contribution in [-0.2, 0) is 20.5 Å². The van der Waals surface area contributed by atoms with Crippen LogP contribution < -0.4 is 11.3 Å². The molecule has 7 heteroatoms. The third-order valence-electron chi connectivity index (χ3n) is 3.00. The number of aryl methyl sites for hydroxylation is 3. The molecule has 2 aromatic rings. The summed E-state index contributed by atoms with van der Waals surface area (Å²) >= 11 is 3.50. The van der Waals surface area contributed by atoms with Crippen molar-refractivity contribution in [1.82, 2.24) is 25.0 Å². The van der Waals surface area contributed by atoms with Gasteiger partial charge in [0.2, 0.25) is 0 Å². The minimum atomic E-state index is -0.148. The van der Waals surface area contributed by atoms with E-state index in [1.54, 1.807) is 10.9 Å². The molecule has 2 rings (SSSR count). The van der Waals surface area contributed by atoms with Crippen LogP contribution in [0.25, 0.3) is 0 Å². The van der Waals surface area contributed by atoms with Gasteiger partial charge in [0.1, 0.15) is 6.04 Å². The van der Waals surface area contributed by atoms with Crippen LogP contribution in [0.2, 0.25) is 0 Å². The number of aromatic nitrogens is 4. The Hall–Kier alpha value is -1.18. The van der Waals surface area contributed by atoms with Crippen molar-refractivity contribution < 1.29 is 0 Å². The highest BCUT2D eigenvalue weighted by molar-refractivity contribution is 9.10. The van der Waals surface area contributed by atoms with E-state index in [2.05, 4.69) is 44.5 Å². The van der Waals surface area contributed by atoms with E-state index in [1.807, 2.05) is 18.8 Å². The fourth-order valence-corrected chi connectivity index (χ4v) is 2.61. The minimum Gasteiger partial charge on any atom is -0.270 e. The molecule has 0 fully saturated rings. The van der Waals surface area contributed by atoms with Gasteiger partial charge in [-0.1, -0.05) is 6.92 Å². The zero-order valence-electron chi connectivity index (χ0n) is 10.7. The summed E-state index contributed by atoms with van der Waals surface area (Å²) in [5, 5.41) is 8.66. The first-order chi connectivity index (χ1) is 8.58. The van der Waals surface area contributed by atoms with Gasteiger partial charge in [-0.25, -0.2) is 5.43 Å². The van der Waals surface area contributed by atoms with Crippen LogP contribution in [0.3, 0.4) is 0 Å². The molecule has 1 atom stereocenters. The van der Waals surface area contributed by atoms with E-state index in [0.717, 1.165) is 28.0 Å². The van der Waals surface area contributed by atoms with Gasteiger partial charge in [-0.3, -0.25) is 15.2 Å². The van der Waals surface area contributed by atoms with E-state index in [9.17, 15) is 0 Å². The van der Waals surface area contributed by atoms with Crippen LogP contribution in [0.5, 0.6) is 0 Å². The molecule has 0 amide bonds. The number of nitrogens with one attached hydrogen (secondary N) is 1. The van der Waals surface area contributed by atoms with Crippen molar-refractivity contribution in [3.8, 4) is 0 Å². The predicted octanol–water partition coefficient (Wildman–Crippen LogP) is 1.03. The van der Waals surface area contributed by atoms with Gasteiger partial charge in [0.25, 0.3) is 0 Å². The topological polar surface area (TPSA) is 73.7 Å². The van der Waals surface area contributed by atoms with Crippen LogP contribution >= 0.6 is 15.9 Å². The molecule has 3 N–H and O–H groups in total. The Morgan fingerprint density at radius 1 is 1.44 bits per heavy atom. The standard InChI is InChI=1S/C11H17BrN6/c1-4-7-5-9(17(2)16-7)10(15-13)11-8(12)6-14-18(11)3/h5-6,10,15H,4,13H2,1-3H3. The molecule has 0 saturated heterocycles. The van der Waals surface area contributed by atoms with Gasteiger partial charge in [-0.2, -0.15) is 10.2 Å². The van der Waals surface area contributed by atoms with Gasteiger partial charge in [-0.05, 0) is 28.4 Å². The molecular weight excluding hydrogens is 296 g/mol. The molecular formula is C11H17BrN6. The first kappa shape index (κ1) is 13.3. The molecule has 2 aromatic heterocycles. The maximum atomic E-state index is 5.70. The number of halogens is 1. The Morgan fingerprint density at radius 3 is 2.61 bits per heavy atom. The number of nitrogens with zero attached hydrogens (tertiary/aromatic N) is 4. The third-order valence-corrected chi connectivity index (χ3v) is 3.61. The number of rotatable bonds is 4. The van der Waals surface area contributed by atoms with Crippen molar-refractivity contribution in [2.24, 2.45) is 19.9 Å². The average Bonchev–Trinajstić information content (AvgIpc) is 2.88. The monoisotopic (exact) mass is 312 g/mol. The zero-order valence-corrected chi connectivity index (χ0v) is 12.3. The summed E-state index contributed by atoms with van der Waals surface area (Å²) in [6.07, 6.45) is 2.66. The fourth-order valence-electron chi connectivity index (χ4n) is 2.04. The largest absolute Gasteiger partial charge is 0.270 e. The first-order valence-electron chi connectivity index (χ1n) is 5.74. The lowest BCUT2D eigenvalue weighted by Crippen LogP contribution is -2.32. The van der Waals surface area contributed by atoms with Crippen LogP contribution in [0, 0.1) is 0 Å². The van der Waals surface area contributed by atoms with E-state index in [4.69, 9.17) is 5.84 Å². The highest BCUT2D eigenvalue weighted by Gasteiger charge is 2.23. The van der Waals surface area contributed by atoms with Gasteiger partial charge in [0, 0.05) is 14.1 Å². The molecule has 0 aliphatic rings. The number of nitrogens with two attached hydrogens (primary N) is 1. The summed E-state index contributed by atoms with van der Waals surface area (Å²) in [6, 6.07) is 1.91. The lowest BCUT2D eigenvalue weighted by Gasteiger charge is -2.17. The molecule has 6 nitrogen and oxygen atoms in total. The van der Waals surface area contributed by atoms with E-state index in [1.165, 1.54) is 0 Å². The normalized spacial score (nSPS) is 12.9. The quantitative estimate of drug-likeness (QED) is 0.653. The van der Waals surface area contributed by atoms with Crippen LogP contribution in [-0.4, -0.2) is 19.6 Å². The van der Waals surface area contributed by atoms with E-state index < -0.39 is 0 Å². The maximum Gasteiger partial charge on any atom is 0.106 e. The van der Waals surface area contributed by atoms with E-state index in [0.29, 0.717) is 0 Å². The van der Waals surface area contributed by atoms with Crippen molar-refractivity contribution >= 4 is 15.9 Å². The van der Waals surface area contributed by atoms with Crippen molar-refractivity contribution in [2.75, 3.05) is 0 Å². The zero-order chi connectivity index (χ0) is 13.3. The molecule has 1 unspecified atom stereocenters. The van der Waals surface area contributed by atoms with E-state index in [-0.39, 0.29) is 6.04 Å². The maximum absolute atomic E-state index is 5.70. The van der Waals surface area contributed by atoms with Gasteiger partial charge in [-0.15, -0.1) is 0 Å². The van der Waals surface area contributed by atoms with Gasteiger partial charge >= 0.3 is 0 Å². The lowest BCUT2D eigenvalue weighted by molar-refractivity contribution is 0.533. The summed E-state index contributed by atoms with van der Waals surface area (Å²) in [7, 11) is 3.81. The Bertz CT molecular complexity index is 524. The molecule has 2 heterocycles. The minimum absolute atomic E-state index is 0.148. The van der Waals surface area contributed by atoms with Crippen molar-refractivity contribution in [1.29, 1.82) is 0 Å². The second-order valence-electron chi connectivity index (χ2n) is 4.14. The molecule has 98 valence electrons. The number of hydrogen-bond donors (Lipinski definition) is 2. The summed E-state index contributed by atoms with van der Waals surface area (Å²) in [6.45, 7) is 2.08. The second kappa shape index (κ2) is 5.21. The van der Waals surface area contributed by atoms with Crippen molar-refractivity contribution in [3.63, 3.8) is 0 Å². The van der Waals surface area contributed by atoms with Crippen molar-refractivity contribution in [2.45, 2.75) is 19.4 Å². The molecule has 18 heavy (non-hydrogen) atoms. The Kier molecular flexibility index (Phi) is 3.84. The second-order valence-corrected chi connectivity index (χ2v) is 4.99. The number of hydrazine groups is 1. The molecule has 0 radical (unpaired) electrons. The molecule has 0 saturated carbocycles. The molecule has 0 bridgehead atoms. The van der Waals surface area contributed by atoms with Crippen molar-refractivity contribution in [3.05, 3.63) is 33.8 Å². The Balaban J connectivity index is 2.48. The van der Waals surface area contributed by atoms with Gasteiger partial charge in [0.15, 0.2) is 0 Å². The lowest BCUT2D eigenvalue weighted by atomic mass is 10.1. The molecule has 0 aliphatic heterocycles. The summed E-state index contributed by atoms with van der Waals surface area (Å²) in [5.74, 6) is 5.70. The van der Waals surface area contributed by atoms with Crippen LogP contribution in [0.4, 0.5) is 0 Å². The molecule has 0 aromatic carbocycles. The van der Waals surface area contributed by atoms with Gasteiger partial charge < -0.3 is 0 Å². The molecule has 0 spiro atoms. The fraction of sp³-hybridized carbons (Fsp3) is 0.455. The van der Waals surface area contributed by atoms with Gasteiger partial charge in [0.05, 0.1) is 27.8 Å². The highest BCUT2D eigenvalue weighted by Crippen LogP contribution is 2.27. The SMILES string of the molecule is CCc1cc(C(NN)c2c(Br)cnn2C)n(C)n1.